The molecule has 0 unspecified atom stereocenters. The van der Waals surface area contributed by atoms with Crippen LogP contribution in [0.1, 0.15) is 0 Å². The molecule has 3 N–H and O–H groups in total. The minimum absolute atomic E-state index is 0.0576. The number of fused-ring (bicyclic) bond motifs is 1. The van der Waals surface area contributed by atoms with Gasteiger partial charge in [-0.15, -0.1) is 0 Å². The first-order valence-corrected chi connectivity index (χ1v) is 5.64. The van der Waals surface area contributed by atoms with Crippen molar-refractivity contribution in [3.05, 3.63) is 18.2 Å². The van der Waals surface area contributed by atoms with Crippen molar-refractivity contribution in [3.63, 3.8) is 0 Å². The molecular weight excluding hydrogens is 204 g/mol. The first-order valence-electron chi connectivity index (χ1n) is 4.16. The van der Waals surface area contributed by atoms with Crippen LogP contribution in [0.5, 0.6) is 5.75 Å². The Morgan fingerprint density at radius 2 is 2.07 bits per heavy atom. The van der Waals surface area contributed by atoms with Crippen LogP contribution in [0.3, 0.4) is 0 Å². The van der Waals surface area contributed by atoms with Crippen molar-refractivity contribution in [1.82, 2.24) is 4.72 Å². The van der Waals surface area contributed by atoms with Gasteiger partial charge in [0, 0.05) is 19.2 Å². The fourth-order valence-electron chi connectivity index (χ4n) is 1.34. The maximum atomic E-state index is 11.6. The molecule has 0 aromatic heterocycles. The average Bonchev–Trinajstić information content (AvgIpc) is 2.26. The summed E-state index contributed by atoms with van der Waals surface area (Å²) in [4.78, 5) is 0.0926. The van der Waals surface area contributed by atoms with E-state index in [4.69, 9.17) is 0 Å². The fourth-order valence-corrected chi connectivity index (χ4v) is 2.57. The Hall–Kier alpha value is -1.27. The van der Waals surface area contributed by atoms with E-state index in [1.165, 1.54) is 12.1 Å². The largest absolute Gasteiger partial charge is 0.508 e. The third-order valence-corrected chi connectivity index (χ3v) is 3.49. The van der Waals surface area contributed by atoms with Crippen molar-refractivity contribution in [3.8, 4) is 5.75 Å². The van der Waals surface area contributed by atoms with Crippen LogP contribution < -0.4 is 10.0 Å². The first-order chi connectivity index (χ1) is 6.59. The summed E-state index contributed by atoms with van der Waals surface area (Å²) in [5.74, 6) is -0.0576. The number of phenols is 1. The second-order valence-electron chi connectivity index (χ2n) is 3.01. The van der Waals surface area contributed by atoms with Crippen LogP contribution in [0.25, 0.3) is 0 Å². The average molecular weight is 214 g/mol. The zero-order valence-corrected chi connectivity index (χ0v) is 8.13. The van der Waals surface area contributed by atoms with Crippen LogP contribution in [0.2, 0.25) is 0 Å². The van der Waals surface area contributed by atoms with Crippen molar-refractivity contribution >= 4 is 15.7 Å². The van der Waals surface area contributed by atoms with Crippen LogP contribution in [0.4, 0.5) is 5.69 Å². The van der Waals surface area contributed by atoms with Gasteiger partial charge >= 0.3 is 0 Å². The lowest BCUT2D eigenvalue weighted by Gasteiger charge is -2.06. The molecule has 0 amide bonds. The van der Waals surface area contributed by atoms with Gasteiger partial charge in [0.05, 0.1) is 5.69 Å². The van der Waals surface area contributed by atoms with Crippen LogP contribution in [-0.4, -0.2) is 26.6 Å². The molecule has 0 radical (unpaired) electrons. The normalized spacial score (nSPS) is 19.1. The SMILES string of the molecule is O=S1(=O)NCCNc2ccc(O)cc21. The molecule has 0 saturated carbocycles. The van der Waals surface area contributed by atoms with Gasteiger partial charge in [-0.1, -0.05) is 0 Å². The number of aromatic hydroxyl groups is 1. The minimum Gasteiger partial charge on any atom is -0.508 e. The molecule has 0 spiro atoms. The van der Waals surface area contributed by atoms with Crippen molar-refractivity contribution in [2.45, 2.75) is 4.90 Å². The Labute approximate surface area is 81.8 Å². The molecule has 1 aromatic rings. The maximum absolute atomic E-state index is 11.6. The maximum Gasteiger partial charge on any atom is 0.242 e. The van der Waals surface area contributed by atoms with Gasteiger partial charge in [0.1, 0.15) is 10.6 Å². The molecule has 0 bridgehead atoms. The Balaban J connectivity index is 2.64. The summed E-state index contributed by atoms with van der Waals surface area (Å²) in [6.45, 7) is 0.884. The van der Waals surface area contributed by atoms with E-state index in [-0.39, 0.29) is 10.6 Å². The van der Waals surface area contributed by atoms with Gasteiger partial charge in [0.15, 0.2) is 0 Å². The van der Waals surface area contributed by atoms with E-state index in [1.807, 2.05) is 0 Å². The smallest absolute Gasteiger partial charge is 0.242 e. The van der Waals surface area contributed by atoms with Gasteiger partial charge in [0.2, 0.25) is 10.0 Å². The van der Waals surface area contributed by atoms with Gasteiger partial charge in [-0.05, 0) is 12.1 Å². The Morgan fingerprint density at radius 3 is 2.86 bits per heavy atom. The third-order valence-electron chi connectivity index (χ3n) is 1.99. The predicted molar refractivity (Wildman–Crippen MR) is 51.8 cm³/mol. The van der Waals surface area contributed by atoms with Gasteiger partial charge in [-0.3, -0.25) is 0 Å². The van der Waals surface area contributed by atoms with Gasteiger partial charge in [0.25, 0.3) is 0 Å². The van der Waals surface area contributed by atoms with Crippen molar-refractivity contribution < 1.29 is 13.5 Å². The zero-order valence-electron chi connectivity index (χ0n) is 7.32. The van der Waals surface area contributed by atoms with E-state index in [2.05, 4.69) is 10.0 Å². The summed E-state index contributed by atoms with van der Waals surface area (Å²) in [6.07, 6.45) is 0. The Morgan fingerprint density at radius 1 is 1.29 bits per heavy atom. The lowest BCUT2D eigenvalue weighted by molar-refractivity contribution is 0.473. The highest BCUT2D eigenvalue weighted by atomic mass is 32.2. The van der Waals surface area contributed by atoms with Crippen LogP contribution in [0.15, 0.2) is 23.1 Å². The lowest BCUT2D eigenvalue weighted by atomic mass is 10.3. The Kier molecular flexibility index (Phi) is 2.09. The first kappa shape index (κ1) is 9.29. The summed E-state index contributed by atoms with van der Waals surface area (Å²) in [6, 6.07) is 4.23. The van der Waals surface area contributed by atoms with Crippen LogP contribution in [0, 0.1) is 0 Å². The number of hydrogen-bond donors (Lipinski definition) is 3. The van der Waals surface area contributed by atoms with Crippen molar-refractivity contribution in [1.29, 1.82) is 0 Å². The van der Waals surface area contributed by atoms with E-state index in [0.29, 0.717) is 18.8 Å². The van der Waals surface area contributed by atoms with E-state index < -0.39 is 10.0 Å². The Bertz CT molecular complexity index is 456. The lowest BCUT2D eigenvalue weighted by Crippen LogP contribution is -2.25. The molecule has 1 aromatic carbocycles. The van der Waals surface area contributed by atoms with Crippen LogP contribution >= 0.6 is 0 Å². The topological polar surface area (TPSA) is 78.4 Å². The number of rotatable bonds is 0. The van der Waals surface area contributed by atoms with Crippen molar-refractivity contribution in [2.24, 2.45) is 0 Å². The molecule has 0 atom stereocenters. The number of anilines is 1. The number of hydrogen-bond acceptors (Lipinski definition) is 4. The monoisotopic (exact) mass is 214 g/mol. The molecule has 2 rings (SSSR count). The van der Waals surface area contributed by atoms with E-state index in [9.17, 15) is 13.5 Å². The van der Waals surface area contributed by atoms with E-state index in [0.717, 1.165) is 0 Å². The summed E-state index contributed by atoms with van der Waals surface area (Å²) >= 11 is 0. The number of sulfonamides is 1. The molecule has 1 aliphatic rings. The highest BCUT2D eigenvalue weighted by Crippen LogP contribution is 2.26. The third kappa shape index (κ3) is 1.53. The number of nitrogens with one attached hydrogen (secondary N) is 2. The van der Waals surface area contributed by atoms with Crippen LogP contribution in [-0.2, 0) is 10.0 Å². The standard InChI is InChI=1S/C8H10N2O3S/c11-6-1-2-7-8(5-6)14(12,13)10-4-3-9-7/h1-2,5,9-11H,3-4H2. The highest BCUT2D eigenvalue weighted by Gasteiger charge is 2.21. The summed E-state index contributed by atoms with van der Waals surface area (Å²) in [7, 11) is -3.47. The summed E-state index contributed by atoms with van der Waals surface area (Å²) in [5, 5.41) is 12.1. The molecule has 6 heteroatoms. The van der Waals surface area contributed by atoms with Gasteiger partial charge < -0.3 is 10.4 Å². The molecule has 1 aliphatic heterocycles. The molecule has 1 heterocycles. The summed E-state index contributed by atoms with van der Waals surface area (Å²) in [5.41, 5.74) is 0.521. The molecular formula is C8H10N2O3S. The minimum atomic E-state index is -3.47. The van der Waals surface area contributed by atoms with Crippen molar-refractivity contribution in [2.75, 3.05) is 18.4 Å². The second kappa shape index (κ2) is 3.14. The highest BCUT2D eigenvalue weighted by molar-refractivity contribution is 7.89. The predicted octanol–water partition coefficient (Wildman–Crippen LogP) is 0.0960. The molecule has 14 heavy (non-hydrogen) atoms. The quantitative estimate of drug-likeness (QED) is 0.535. The van der Waals surface area contributed by atoms with Gasteiger partial charge in [-0.2, -0.15) is 0 Å². The van der Waals surface area contributed by atoms with E-state index >= 15 is 0 Å². The second-order valence-corrected chi connectivity index (χ2v) is 4.74. The van der Waals surface area contributed by atoms with E-state index in [1.54, 1.807) is 6.07 Å². The molecule has 5 nitrogen and oxygen atoms in total. The zero-order chi connectivity index (χ0) is 10.2. The molecule has 0 fully saturated rings. The molecule has 0 saturated heterocycles. The summed E-state index contributed by atoms with van der Waals surface area (Å²) < 4.78 is 25.6. The number of phenolic OH excluding ortho intramolecular Hbond substituents is 1. The number of benzene rings is 1. The van der Waals surface area contributed by atoms with Gasteiger partial charge in [-0.25, -0.2) is 13.1 Å². The molecule has 76 valence electrons. The fraction of sp³-hybridized carbons (Fsp3) is 0.250. The molecule has 0 aliphatic carbocycles.